The summed E-state index contributed by atoms with van der Waals surface area (Å²) in [5.41, 5.74) is -1.72. The maximum atomic E-state index is 13.3. The van der Waals surface area contributed by atoms with E-state index in [1.165, 1.54) is 0 Å². The number of hydrogen-bond donors (Lipinski definition) is 1. The fourth-order valence-corrected chi connectivity index (χ4v) is 7.61. The first-order valence-corrected chi connectivity index (χ1v) is 11.9. The van der Waals surface area contributed by atoms with Gasteiger partial charge < -0.3 is 5.11 Å². The fraction of sp³-hybridized carbons (Fsp3) is 0.955. The average molecular weight is 449 g/mol. The van der Waals surface area contributed by atoms with Crippen LogP contribution in [0.4, 0.5) is 8.78 Å². The van der Waals surface area contributed by atoms with E-state index >= 15 is 0 Å². The lowest BCUT2D eigenvalue weighted by Gasteiger charge is -2.52. The van der Waals surface area contributed by atoms with E-state index in [0.29, 0.717) is 41.2 Å². The Kier molecular flexibility index (Phi) is 6.43. The zero-order valence-electron chi connectivity index (χ0n) is 16.9. The van der Waals surface area contributed by atoms with E-state index < -0.39 is 12.0 Å². The predicted octanol–water partition coefficient (Wildman–Crippen LogP) is 5.85. The number of carbonyl (C=O) groups excluding carboxylic acids is 1. The highest BCUT2D eigenvalue weighted by molar-refractivity contribution is 9.09. The number of carbonyl (C=O) groups is 1. The molecule has 0 spiro atoms. The van der Waals surface area contributed by atoms with Gasteiger partial charge in [-0.25, -0.2) is 8.78 Å². The van der Waals surface area contributed by atoms with Crippen molar-refractivity contribution in [2.45, 2.75) is 84.2 Å². The van der Waals surface area contributed by atoms with Gasteiger partial charge in [-0.2, -0.15) is 0 Å². The molecule has 0 aliphatic heterocycles. The van der Waals surface area contributed by atoms with Crippen LogP contribution in [0.2, 0.25) is 0 Å². The van der Waals surface area contributed by atoms with Crippen LogP contribution in [0.15, 0.2) is 0 Å². The van der Waals surface area contributed by atoms with Crippen LogP contribution in [0.25, 0.3) is 0 Å². The van der Waals surface area contributed by atoms with Gasteiger partial charge in [0.2, 0.25) is 0 Å². The number of hydrogen-bond acceptors (Lipinski definition) is 2. The lowest BCUT2D eigenvalue weighted by Crippen LogP contribution is -2.50. The average Bonchev–Trinajstić information content (AvgIpc) is 2.99. The summed E-state index contributed by atoms with van der Waals surface area (Å²) >= 11 is 3.37. The van der Waals surface area contributed by atoms with Crippen LogP contribution < -0.4 is 0 Å². The molecule has 0 aromatic heterocycles. The van der Waals surface area contributed by atoms with E-state index in [1.54, 1.807) is 0 Å². The number of rotatable bonds is 5. The van der Waals surface area contributed by atoms with Gasteiger partial charge >= 0.3 is 0 Å². The minimum absolute atomic E-state index is 0.0506. The van der Waals surface area contributed by atoms with Crippen molar-refractivity contribution in [2.75, 3.05) is 5.33 Å². The standard InChI is InChI=1S/C22H35BrF2O2/c1-4-21(3)17(7-8-18(21)19(26)12-23)16-6-5-14-11-22(27,20(24)25)10-9-15(14)13(16)2/h13-18,20,27H,4-12H2,1-3H3/t13-,14-,15-,16-,17+,18-,21+,22-/m1/s1. The van der Waals surface area contributed by atoms with Gasteiger partial charge in [-0.05, 0) is 86.4 Å². The fourth-order valence-electron chi connectivity index (χ4n) is 7.22. The Morgan fingerprint density at radius 2 is 1.89 bits per heavy atom. The highest BCUT2D eigenvalue weighted by Gasteiger charge is 2.55. The van der Waals surface area contributed by atoms with Crippen LogP contribution in [0.1, 0.15) is 72.1 Å². The minimum Gasteiger partial charge on any atom is -0.384 e. The molecule has 2 nitrogen and oxygen atoms in total. The van der Waals surface area contributed by atoms with Crippen molar-refractivity contribution in [3.63, 3.8) is 0 Å². The molecule has 3 aliphatic rings. The Balaban J connectivity index is 1.76. The van der Waals surface area contributed by atoms with E-state index in [4.69, 9.17) is 0 Å². The number of halogens is 3. The summed E-state index contributed by atoms with van der Waals surface area (Å²) < 4.78 is 26.6. The number of Topliss-reactive ketones (excluding diaryl/α,β-unsaturated/α-hetero) is 1. The Bertz CT molecular complexity index is 556. The summed E-state index contributed by atoms with van der Waals surface area (Å²) in [6.45, 7) is 6.83. The third-order valence-electron chi connectivity index (χ3n) is 8.97. The molecule has 0 saturated heterocycles. The Morgan fingerprint density at radius 1 is 1.19 bits per heavy atom. The molecule has 8 atom stereocenters. The van der Waals surface area contributed by atoms with Gasteiger partial charge in [0.1, 0.15) is 11.4 Å². The molecule has 3 rings (SSSR count). The SMILES string of the molecule is CC[C@]1(C)[C@@H](C(=O)CBr)CC[C@H]1[C@@H]1CC[C@@H]2C[C@@](O)(C(F)F)CC[C@@H]2[C@H]1C. The molecule has 27 heavy (non-hydrogen) atoms. The van der Waals surface area contributed by atoms with Crippen molar-refractivity contribution in [1.29, 1.82) is 0 Å². The van der Waals surface area contributed by atoms with Gasteiger partial charge in [-0.1, -0.05) is 36.7 Å². The van der Waals surface area contributed by atoms with Gasteiger partial charge in [-0.15, -0.1) is 0 Å². The molecule has 0 heterocycles. The molecule has 3 fully saturated rings. The highest BCUT2D eigenvalue weighted by atomic mass is 79.9. The van der Waals surface area contributed by atoms with E-state index in [2.05, 4.69) is 36.7 Å². The van der Waals surface area contributed by atoms with Crippen LogP contribution in [-0.2, 0) is 4.79 Å². The second kappa shape index (κ2) is 8.01. The minimum atomic E-state index is -2.64. The molecule has 0 aromatic carbocycles. The molecule has 0 bridgehead atoms. The third kappa shape index (κ3) is 3.65. The van der Waals surface area contributed by atoms with Gasteiger partial charge in [-0.3, -0.25) is 4.79 Å². The van der Waals surface area contributed by atoms with Crippen LogP contribution in [-0.4, -0.2) is 28.2 Å². The van der Waals surface area contributed by atoms with E-state index in [1.807, 2.05) is 0 Å². The lowest BCUT2D eigenvalue weighted by molar-refractivity contribution is -0.152. The van der Waals surface area contributed by atoms with Gasteiger partial charge in [0.15, 0.2) is 0 Å². The Labute approximate surface area is 171 Å². The summed E-state index contributed by atoms with van der Waals surface area (Å²) in [5, 5.41) is 10.7. The largest absolute Gasteiger partial charge is 0.384 e. The zero-order chi connectivity index (χ0) is 20.0. The number of aliphatic hydroxyl groups is 1. The summed E-state index contributed by atoms with van der Waals surface area (Å²) in [7, 11) is 0. The zero-order valence-corrected chi connectivity index (χ0v) is 18.5. The smallest absolute Gasteiger partial charge is 0.266 e. The normalized spacial score (nSPS) is 47.9. The Morgan fingerprint density at radius 3 is 2.48 bits per heavy atom. The molecular weight excluding hydrogens is 414 g/mol. The summed E-state index contributed by atoms with van der Waals surface area (Å²) in [6.07, 6.45) is 3.67. The summed E-state index contributed by atoms with van der Waals surface area (Å²) in [5.74, 6) is 2.74. The van der Waals surface area contributed by atoms with Crippen molar-refractivity contribution in [2.24, 2.45) is 40.9 Å². The molecule has 3 aliphatic carbocycles. The lowest BCUT2D eigenvalue weighted by atomic mass is 9.54. The first-order valence-electron chi connectivity index (χ1n) is 10.8. The molecular formula is C22H35BrF2O2. The first kappa shape index (κ1) is 21.7. The quantitative estimate of drug-likeness (QED) is 0.535. The van der Waals surface area contributed by atoms with Crippen molar-refractivity contribution in [3.05, 3.63) is 0 Å². The van der Waals surface area contributed by atoms with Crippen molar-refractivity contribution in [1.82, 2.24) is 0 Å². The maximum absolute atomic E-state index is 13.3. The van der Waals surface area contributed by atoms with Crippen LogP contribution in [0.3, 0.4) is 0 Å². The van der Waals surface area contributed by atoms with Crippen molar-refractivity contribution < 1.29 is 18.7 Å². The number of ketones is 1. The molecule has 0 unspecified atom stereocenters. The van der Waals surface area contributed by atoms with E-state index in [9.17, 15) is 18.7 Å². The molecule has 0 radical (unpaired) electrons. The summed E-state index contributed by atoms with van der Waals surface area (Å²) in [4.78, 5) is 12.5. The third-order valence-corrected chi connectivity index (χ3v) is 9.52. The maximum Gasteiger partial charge on any atom is 0.266 e. The van der Waals surface area contributed by atoms with Crippen molar-refractivity contribution >= 4 is 21.7 Å². The van der Waals surface area contributed by atoms with E-state index in [-0.39, 0.29) is 30.1 Å². The molecule has 5 heteroatoms. The Hall–Kier alpha value is -0.0300. The highest BCUT2D eigenvalue weighted by Crippen LogP contribution is 2.60. The number of alkyl halides is 3. The van der Waals surface area contributed by atoms with Crippen molar-refractivity contribution in [3.8, 4) is 0 Å². The predicted molar refractivity (Wildman–Crippen MR) is 107 cm³/mol. The van der Waals surface area contributed by atoms with Crippen LogP contribution >= 0.6 is 15.9 Å². The summed E-state index contributed by atoms with van der Waals surface area (Å²) in [6, 6.07) is 0. The second-order valence-corrected chi connectivity index (χ2v) is 10.4. The molecule has 156 valence electrons. The molecule has 0 amide bonds. The van der Waals surface area contributed by atoms with Crippen LogP contribution in [0.5, 0.6) is 0 Å². The second-order valence-electron chi connectivity index (χ2n) is 9.87. The van der Waals surface area contributed by atoms with Gasteiger partial charge in [0.05, 0.1) is 5.33 Å². The first-order chi connectivity index (χ1) is 12.7. The van der Waals surface area contributed by atoms with Gasteiger partial charge in [0.25, 0.3) is 6.43 Å². The van der Waals surface area contributed by atoms with Crippen LogP contribution in [0, 0.1) is 40.9 Å². The molecule has 0 aromatic rings. The monoisotopic (exact) mass is 448 g/mol. The molecule has 1 N–H and O–H groups in total. The topological polar surface area (TPSA) is 37.3 Å². The van der Waals surface area contributed by atoms with E-state index in [0.717, 1.165) is 32.1 Å². The van der Waals surface area contributed by atoms with Gasteiger partial charge in [0, 0.05) is 5.92 Å². The molecule has 3 saturated carbocycles. The number of fused-ring (bicyclic) bond motifs is 1.